The van der Waals surface area contributed by atoms with Crippen molar-refractivity contribution in [1.82, 2.24) is 24.4 Å². The van der Waals surface area contributed by atoms with Gasteiger partial charge in [-0.1, -0.05) is 6.92 Å². The van der Waals surface area contributed by atoms with Gasteiger partial charge >= 0.3 is 0 Å². The number of nitrogens with one attached hydrogen (secondary N) is 1. The minimum absolute atomic E-state index is 0.225. The number of benzene rings is 1. The maximum absolute atomic E-state index is 13.1. The van der Waals surface area contributed by atoms with Crippen molar-refractivity contribution < 1.29 is 14.6 Å². The summed E-state index contributed by atoms with van der Waals surface area (Å²) < 4.78 is 9.03. The van der Waals surface area contributed by atoms with Crippen molar-refractivity contribution in [3.8, 4) is 5.75 Å². The van der Waals surface area contributed by atoms with Crippen LogP contribution in [0.1, 0.15) is 42.6 Å². The van der Waals surface area contributed by atoms with Crippen molar-refractivity contribution in [1.29, 1.82) is 0 Å². The third-order valence-corrected chi connectivity index (χ3v) is 6.04. The number of ether oxygens (including phenoxy) is 1. The third-order valence-electron chi connectivity index (χ3n) is 6.04. The second kappa shape index (κ2) is 7.66. The fraction of sp³-hybridized carbons (Fsp3) is 0.364. The number of carbonyl (C=O) groups excluding carboxylic acids is 1. The summed E-state index contributed by atoms with van der Waals surface area (Å²) >= 11 is 0. The van der Waals surface area contributed by atoms with Gasteiger partial charge in [0.25, 0.3) is 5.91 Å². The van der Waals surface area contributed by atoms with Crippen LogP contribution in [0.4, 0.5) is 5.82 Å². The van der Waals surface area contributed by atoms with E-state index in [1.807, 2.05) is 16.9 Å². The third kappa shape index (κ3) is 3.50. The predicted octanol–water partition coefficient (Wildman–Crippen LogP) is 3.06. The Balaban J connectivity index is 1.47. The van der Waals surface area contributed by atoms with Crippen molar-refractivity contribution in [2.75, 3.05) is 12.4 Å². The van der Waals surface area contributed by atoms with Gasteiger partial charge in [-0.2, -0.15) is 14.7 Å². The van der Waals surface area contributed by atoms with E-state index >= 15 is 0 Å². The summed E-state index contributed by atoms with van der Waals surface area (Å²) in [5.41, 5.74) is 1.82. The Morgan fingerprint density at radius 2 is 2.19 bits per heavy atom. The monoisotopic (exact) mass is 420 g/mol. The molecule has 1 unspecified atom stereocenters. The summed E-state index contributed by atoms with van der Waals surface area (Å²) in [6, 6.07) is 7.41. The van der Waals surface area contributed by atoms with E-state index in [0.29, 0.717) is 28.7 Å². The Kier molecular flexibility index (Phi) is 4.82. The first-order valence-electron chi connectivity index (χ1n) is 10.4. The number of aromatic nitrogens is 5. The number of nitrogens with zero attached hydrogens (tertiary/aromatic N) is 5. The molecule has 1 aliphatic carbocycles. The topological polar surface area (TPSA) is 107 Å². The van der Waals surface area contributed by atoms with Gasteiger partial charge in [-0.05, 0) is 43.4 Å². The van der Waals surface area contributed by atoms with Crippen LogP contribution in [0, 0.1) is 5.92 Å². The number of amides is 1. The molecule has 0 aliphatic heterocycles. The Morgan fingerprint density at radius 1 is 1.32 bits per heavy atom. The first kappa shape index (κ1) is 19.5. The number of rotatable bonds is 4. The molecule has 0 spiro atoms. The number of hydrogen-bond acceptors (Lipinski definition) is 6. The van der Waals surface area contributed by atoms with E-state index in [-0.39, 0.29) is 18.1 Å². The molecule has 5 rings (SSSR count). The quantitative estimate of drug-likeness (QED) is 0.526. The van der Waals surface area contributed by atoms with Gasteiger partial charge in [-0.15, -0.1) is 0 Å². The number of anilines is 1. The Labute approximate surface area is 178 Å². The maximum Gasteiger partial charge on any atom is 0.260 e. The first-order valence-corrected chi connectivity index (χ1v) is 10.4. The zero-order valence-electron chi connectivity index (χ0n) is 17.4. The van der Waals surface area contributed by atoms with Gasteiger partial charge in [-0.3, -0.25) is 9.48 Å². The molecule has 0 radical (unpaired) electrons. The highest BCUT2D eigenvalue weighted by Gasteiger charge is 2.28. The van der Waals surface area contributed by atoms with E-state index < -0.39 is 0 Å². The van der Waals surface area contributed by atoms with Gasteiger partial charge in [0.2, 0.25) is 0 Å². The molecule has 0 bridgehead atoms. The SMILES string of the molecule is COc1cc2nn([C@@H]3CCC(O)C[C@H]3C)cc2cc1C(=O)Nc1cnc2cccnn12. The number of methoxy groups -OCH3 is 1. The van der Waals surface area contributed by atoms with Crippen LogP contribution in [0.15, 0.2) is 42.9 Å². The number of aliphatic hydroxyl groups excluding tert-OH is 1. The molecule has 1 aliphatic rings. The standard InChI is InChI=1S/C22H24N6O3/c1-13-8-15(29)5-6-18(13)27-12-14-9-16(19(31-2)10-17(14)26-27)22(30)25-21-11-23-20-4-3-7-24-28(20)21/h3-4,7,9-13,15,18,29H,5-6,8H2,1-2H3,(H,25,30)/t13-,15?,18-/m1/s1. The highest BCUT2D eigenvalue weighted by molar-refractivity contribution is 6.08. The van der Waals surface area contributed by atoms with Crippen LogP contribution in [0.3, 0.4) is 0 Å². The lowest BCUT2D eigenvalue weighted by Crippen LogP contribution is -2.28. The summed E-state index contributed by atoms with van der Waals surface area (Å²) in [5.74, 6) is 0.940. The lowest BCUT2D eigenvalue weighted by atomic mass is 9.84. The smallest absolute Gasteiger partial charge is 0.260 e. The molecule has 4 aromatic rings. The molecule has 3 aromatic heterocycles. The van der Waals surface area contributed by atoms with Gasteiger partial charge in [0.1, 0.15) is 5.75 Å². The zero-order chi connectivity index (χ0) is 21.5. The van der Waals surface area contributed by atoms with E-state index in [1.54, 1.807) is 35.1 Å². The van der Waals surface area contributed by atoms with Crippen LogP contribution < -0.4 is 10.1 Å². The van der Waals surface area contributed by atoms with E-state index in [9.17, 15) is 9.90 Å². The minimum Gasteiger partial charge on any atom is -0.496 e. The number of carbonyl (C=O) groups is 1. The zero-order valence-corrected chi connectivity index (χ0v) is 17.4. The van der Waals surface area contributed by atoms with Gasteiger partial charge < -0.3 is 15.2 Å². The molecule has 9 nitrogen and oxygen atoms in total. The van der Waals surface area contributed by atoms with Crippen molar-refractivity contribution >= 4 is 28.3 Å². The number of hydrogen-bond donors (Lipinski definition) is 2. The second-order valence-electron chi connectivity index (χ2n) is 8.12. The largest absolute Gasteiger partial charge is 0.496 e. The van der Waals surface area contributed by atoms with Gasteiger partial charge in [0.15, 0.2) is 11.5 Å². The molecule has 31 heavy (non-hydrogen) atoms. The predicted molar refractivity (Wildman–Crippen MR) is 115 cm³/mol. The van der Waals surface area contributed by atoms with Crippen molar-refractivity contribution in [2.45, 2.75) is 38.3 Å². The van der Waals surface area contributed by atoms with E-state index in [1.165, 1.54) is 7.11 Å². The fourth-order valence-electron chi connectivity index (χ4n) is 4.43. The lowest BCUT2D eigenvalue weighted by molar-refractivity contribution is 0.0750. The highest BCUT2D eigenvalue weighted by atomic mass is 16.5. The average molecular weight is 420 g/mol. The molecule has 2 N–H and O–H groups in total. The van der Waals surface area contributed by atoms with Crippen LogP contribution in [-0.4, -0.2) is 48.6 Å². The summed E-state index contributed by atoms with van der Waals surface area (Å²) in [6.45, 7) is 2.14. The van der Waals surface area contributed by atoms with E-state index in [0.717, 1.165) is 30.2 Å². The van der Waals surface area contributed by atoms with Gasteiger partial charge in [0, 0.05) is 23.8 Å². The molecule has 0 saturated heterocycles. The average Bonchev–Trinajstić information content (AvgIpc) is 3.36. The molecule has 9 heteroatoms. The summed E-state index contributed by atoms with van der Waals surface area (Å²) in [6.07, 6.45) is 7.36. The first-order chi connectivity index (χ1) is 15.0. The Morgan fingerprint density at radius 3 is 3.00 bits per heavy atom. The van der Waals surface area contributed by atoms with Crippen LogP contribution in [0.2, 0.25) is 0 Å². The molecule has 1 fully saturated rings. The van der Waals surface area contributed by atoms with E-state index in [4.69, 9.17) is 9.84 Å². The molecule has 1 aromatic carbocycles. The van der Waals surface area contributed by atoms with Crippen molar-refractivity contribution in [2.24, 2.45) is 5.92 Å². The molecule has 3 heterocycles. The molecule has 1 saturated carbocycles. The number of fused-ring (bicyclic) bond motifs is 2. The van der Waals surface area contributed by atoms with Gasteiger partial charge in [0.05, 0.1) is 36.5 Å². The van der Waals surface area contributed by atoms with Crippen molar-refractivity contribution in [3.63, 3.8) is 0 Å². The van der Waals surface area contributed by atoms with Crippen LogP contribution in [0.5, 0.6) is 5.75 Å². The Hall–Kier alpha value is -3.46. The summed E-state index contributed by atoms with van der Waals surface area (Å²) in [7, 11) is 1.54. The van der Waals surface area contributed by atoms with Crippen LogP contribution in [-0.2, 0) is 0 Å². The number of imidazole rings is 1. The fourth-order valence-corrected chi connectivity index (χ4v) is 4.43. The van der Waals surface area contributed by atoms with E-state index in [2.05, 4.69) is 22.3 Å². The van der Waals surface area contributed by atoms with Crippen LogP contribution in [0.25, 0.3) is 16.6 Å². The molecule has 3 atom stereocenters. The minimum atomic E-state index is -0.312. The van der Waals surface area contributed by atoms with Gasteiger partial charge in [-0.25, -0.2) is 4.98 Å². The second-order valence-corrected chi connectivity index (χ2v) is 8.12. The normalized spacial score (nSPS) is 21.5. The lowest BCUT2D eigenvalue weighted by Gasteiger charge is -2.31. The number of aliphatic hydroxyl groups is 1. The maximum atomic E-state index is 13.1. The molecule has 160 valence electrons. The molecule has 1 amide bonds. The highest BCUT2D eigenvalue weighted by Crippen LogP contribution is 2.35. The summed E-state index contributed by atoms with van der Waals surface area (Å²) in [5, 5.41) is 22.6. The Bertz CT molecular complexity index is 1260. The van der Waals surface area contributed by atoms with Crippen LogP contribution >= 0.6 is 0 Å². The molecular weight excluding hydrogens is 396 g/mol. The summed E-state index contributed by atoms with van der Waals surface area (Å²) in [4.78, 5) is 17.3. The van der Waals surface area contributed by atoms with Crippen molar-refractivity contribution in [3.05, 3.63) is 48.4 Å². The molecular formula is C22H24N6O3.